The Morgan fingerprint density at radius 2 is 1.58 bits per heavy atom. The van der Waals surface area contributed by atoms with Crippen LogP contribution in [0.15, 0.2) is 47.4 Å². The molecule has 0 unspecified atom stereocenters. The van der Waals surface area contributed by atoms with E-state index in [1.165, 1.54) is 16.4 Å². The van der Waals surface area contributed by atoms with E-state index >= 15 is 0 Å². The first-order chi connectivity index (χ1) is 18.2. The Labute approximate surface area is 222 Å². The molecule has 0 radical (unpaired) electrons. The van der Waals surface area contributed by atoms with E-state index in [2.05, 4.69) is 15.5 Å². The fourth-order valence-corrected chi connectivity index (χ4v) is 5.81. The number of rotatable bonds is 9. The topological polar surface area (TPSA) is 143 Å². The third-order valence-electron chi connectivity index (χ3n) is 6.54. The van der Waals surface area contributed by atoms with Crippen molar-refractivity contribution in [2.75, 3.05) is 68.1 Å². The Hall–Kier alpha value is -3.26. The molecule has 0 aromatic heterocycles. The van der Waals surface area contributed by atoms with Gasteiger partial charge in [0, 0.05) is 43.6 Å². The summed E-state index contributed by atoms with van der Waals surface area (Å²) in [7, 11) is -3.92. The van der Waals surface area contributed by atoms with Crippen molar-refractivity contribution in [3.05, 3.63) is 52.6 Å². The minimum Gasteiger partial charge on any atom is -0.379 e. The third-order valence-corrected chi connectivity index (χ3v) is 8.44. The van der Waals surface area contributed by atoms with Crippen molar-refractivity contribution < 1.29 is 27.6 Å². The predicted molar refractivity (Wildman–Crippen MR) is 143 cm³/mol. The van der Waals surface area contributed by atoms with Crippen molar-refractivity contribution in [1.29, 1.82) is 0 Å². The van der Waals surface area contributed by atoms with Gasteiger partial charge in [0.2, 0.25) is 15.9 Å². The molecular formula is C25H33N5O7S. The Morgan fingerprint density at radius 1 is 0.974 bits per heavy atom. The molecule has 1 amide bonds. The van der Waals surface area contributed by atoms with E-state index in [1.54, 1.807) is 0 Å². The van der Waals surface area contributed by atoms with Gasteiger partial charge in [-0.3, -0.25) is 14.9 Å². The molecule has 2 aromatic carbocycles. The summed E-state index contributed by atoms with van der Waals surface area (Å²) in [6, 6.07) is 10.4. The van der Waals surface area contributed by atoms with Gasteiger partial charge in [-0.15, -0.1) is 0 Å². The highest BCUT2D eigenvalue weighted by molar-refractivity contribution is 7.89. The van der Waals surface area contributed by atoms with Crippen LogP contribution < -0.4 is 15.5 Å². The minimum absolute atomic E-state index is 0.0624. The van der Waals surface area contributed by atoms with E-state index < -0.39 is 26.7 Å². The van der Waals surface area contributed by atoms with E-state index in [1.807, 2.05) is 38.1 Å². The Kier molecular flexibility index (Phi) is 8.82. The fraction of sp³-hybridized carbons (Fsp3) is 0.480. The second-order valence-corrected chi connectivity index (χ2v) is 11.4. The molecule has 38 heavy (non-hydrogen) atoms. The molecule has 2 N–H and O–H groups in total. The molecule has 0 saturated carbocycles. The number of anilines is 3. The zero-order valence-electron chi connectivity index (χ0n) is 21.5. The highest BCUT2D eigenvalue weighted by Crippen LogP contribution is 2.31. The van der Waals surface area contributed by atoms with Crippen molar-refractivity contribution in [3.8, 4) is 0 Å². The number of benzene rings is 2. The van der Waals surface area contributed by atoms with Crippen LogP contribution >= 0.6 is 0 Å². The van der Waals surface area contributed by atoms with E-state index in [4.69, 9.17) is 9.47 Å². The first kappa shape index (κ1) is 27.8. The van der Waals surface area contributed by atoms with Crippen molar-refractivity contribution in [1.82, 2.24) is 4.31 Å². The molecule has 13 heteroatoms. The van der Waals surface area contributed by atoms with Gasteiger partial charge in [0.25, 0.3) is 5.69 Å². The van der Waals surface area contributed by atoms with Crippen molar-refractivity contribution in [2.45, 2.75) is 24.8 Å². The molecule has 2 saturated heterocycles. The van der Waals surface area contributed by atoms with Crippen LogP contribution in [0.3, 0.4) is 0 Å². The number of hydrogen-bond donors (Lipinski definition) is 2. The van der Waals surface area contributed by atoms with Gasteiger partial charge in [0.05, 0.1) is 36.2 Å². The molecule has 0 spiro atoms. The third kappa shape index (κ3) is 6.41. The molecule has 206 valence electrons. The van der Waals surface area contributed by atoms with Gasteiger partial charge in [-0.05, 0) is 42.3 Å². The minimum atomic E-state index is -3.92. The van der Waals surface area contributed by atoms with Crippen LogP contribution in [-0.2, 0) is 24.3 Å². The van der Waals surface area contributed by atoms with Crippen LogP contribution in [0.5, 0.6) is 0 Å². The normalized spacial score (nSPS) is 17.7. The summed E-state index contributed by atoms with van der Waals surface area (Å²) < 4.78 is 37.8. The Bertz CT molecular complexity index is 1240. The number of nitro benzene ring substituents is 1. The van der Waals surface area contributed by atoms with Crippen LogP contribution in [-0.4, -0.2) is 82.2 Å². The number of nitro groups is 1. The molecule has 0 aliphatic carbocycles. The Morgan fingerprint density at radius 3 is 2.16 bits per heavy atom. The van der Waals surface area contributed by atoms with Crippen molar-refractivity contribution >= 4 is 38.7 Å². The average Bonchev–Trinajstić information content (AvgIpc) is 2.92. The smallest absolute Gasteiger partial charge is 0.293 e. The van der Waals surface area contributed by atoms with Crippen LogP contribution in [0.4, 0.5) is 22.7 Å². The molecule has 0 bridgehead atoms. The number of amides is 1. The van der Waals surface area contributed by atoms with Crippen molar-refractivity contribution in [3.63, 3.8) is 0 Å². The second kappa shape index (κ2) is 12.1. The number of carbonyl (C=O) groups is 1. The number of nitrogens with zero attached hydrogens (tertiary/aromatic N) is 3. The van der Waals surface area contributed by atoms with Gasteiger partial charge in [-0.1, -0.05) is 13.8 Å². The summed E-state index contributed by atoms with van der Waals surface area (Å²) in [5.41, 5.74) is 1.27. The zero-order valence-corrected chi connectivity index (χ0v) is 22.3. The molecule has 2 fully saturated rings. The summed E-state index contributed by atoms with van der Waals surface area (Å²) in [6.07, 6.45) is 0. The lowest BCUT2D eigenvalue weighted by Gasteiger charge is -2.29. The fourth-order valence-electron chi connectivity index (χ4n) is 4.38. The molecule has 12 nitrogen and oxygen atoms in total. The van der Waals surface area contributed by atoms with Crippen molar-refractivity contribution in [2.24, 2.45) is 5.92 Å². The molecule has 1 atom stereocenters. The monoisotopic (exact) mass is 547 g/mol. The van der Waals surface area contributed by atoms with Gasteiger partial charge in [0.1, 0.15) is 11.7 Å². The quantitative estimate of drug-likeness (QED) is 0.357. The standard InChI is InChI=1S/C25H33N5O7S/c1-18(2)24(25(31)26-19-3-5-20(6-4-19)28-9-13-36-14-10-28)27-22-8-7-21(17-23(22)30(32)33)38(34,35)29-11-15-37-16-12-29/h3-8,17-18,24,27H,9-16H2,1-2H3,(H,26,31)/t24-/m0/s1. The maximum Gasteiger partial charge on any atom is 0.293 e. The number of morpholine rings is 2. The largest absolute Gasteiger partial charge is 0.379 e. The number of nitrogens with one attached hydrogen (secondary N) is 2. The SMILES string of the molecule is CC(C)[C@H](Nc1ccc(S(=O)(=O)N2CCOCC2)cc1[N+](=O)[O-])C(=O)Nc1ccc(N2CCOCC2)cc1. The van der Waals surface area contributed by atoms with E-state index in [-0.39, 0.29) is 48.7 Å². The van der Waals surface area contributed by atoms with E-state index in [0.717, 1.165) is 24.8 Å². The Balaban J connectivity index is 1.50. The number of hydrogen-bond acceptors (Lipinski definition) is 9. The van der Waals surface area contributed by atoms with Gasteiger partial charge in [-0.25, -0.2) is 8.42 Å². The summed E-state index contributed by atoms with van der Waals surface area (Å²) in [4.78, 5) is 26.4. The summed E-state index contributed by atoms with van der Waals surface area (Å²) in [5.74, 6) is -0.586. The maximum absolute atomic E-state index is 13.2. The highest BCUT2D eigenvalue weighted by atomic mass is 32.2. The van der Waals surface area contributed by atoms with Crippen LogP contribution in [0, 0.1) is 16.0 Å². The van der Waals surface area contributed by atoms with Gasteiger partial charge in [-0.2, -0.15) is 4.31 Å². The molecule has 4 rings (SSSR count). The highest BCUT2D eigenvalue weighted by Gasteiger charge is 2.31. The molecule has 2 aromatic rings. The predicted octanol–water partition coefficient (Wildman–Crippen LogP) is 2.53. The maximum atomic E-state index is 13.2. The van der Waals surface area contributed by atoms with Crippen LogP contribution in [0.1, 0.15) is 13.8 Å². The molecular weight excluding hydrogens is 514 g/mol. The second-order valence-electron chi connectivity index (χ2n) is 9.45. The van der Waals surface area contributed by atoms with Crippen LogP contribution in [0.25, 0.3) is 0 Å². The molecule has 2 aliphatic heterocycles. The molecule has 2 heterocycles. The number of ether oxygens (including phenoxy) is 2. The average molecular weight is 548 g/mol. The summed E-state index contributed by atoms with van der Waals surface area (Å²) in [6.45, 7) is 7.48. The van der Waals surface area contributed by atoms with Gasteiger partial charge >= 0.3 is 0 Å². The zero-order chi connectivity index (χ0) is 27.3. The molecule has 2 aliphatic rings. The van der Waals surface area contributed by atoms with Gasteiger partial charge < -0.3 is 25.0 Å². The summed E-state index contributed by atoms with van der Waals surface area (Å²) >= 11 is 0. The number of sulfonamides is 1. The van der Waals surface area contributed by atoms with E-state index in [9.17, 15) is 23.3 Å². The first-order valence-electron chi connectivity index (χ1n) is 12.5. The summed E-state index contributed by atoms with van der Waals surface area (Å²) in [5, 5.41) is 17.7. The first-order valence-corrected chi connectivity index (χ1v) is 14.0. The van der Waals surface area contributed by atoms with Crippen LogP contribution in [0.2, 0.25) is 0 Å². The number of carbonyl (C=O) groups excluding carboxylic acids is 1. The van der Waals surface area contributed by atoms with Gasteiger partial charge in [0.15, 0.2) is 0 Å². The lowest BCUT2D eigenvalue weighted by molar-refractivity contribution is -0.384. The lowest BCUT2D eigenvalue weighted by atomic mass is 10.0. The lowest BCUT2D eigenvalue weighted by Crippen LogP contribution is -2.40. The van der Waals surface area contributed by atoms with E-state index in [0.29, 0.717) is 18.9 Å².